The van der Waals surface area contributed by atoms with E-state index < -0.39 is 0 Å². The number of nitrogens with zero attached hydrogens (tertiary/aromatic N) is 2. The van der Waals surface area contributed by atoms with E-state index in [1.54, 1.807) is 10.9 Å². The van der Waals surface area contributed by atoms with E-state index in [1.165, 1.54) is 11.1 Å². The summed E-state index contributed by atoms with van der Waals surface area (Å²) < 4.78 is 1.67. The topological polar surface area (TPSA) is 46.9 Å². The molecule has 1 aromatic carbocycles. The van der Waals surface area contributed by atoms with Gasteiger partial charge in [-0.15, -0.1) is 0 Å². The predicted octanol–water partition coefficient (Wildman–Crippen LogP) is 3.77. The minimum atomic E-state index is -0.0886. The molecule has 4 nitrogen and oxygen atoms in total. The molecule has 1 aliphatic carbocycles. The van der Waals surface area contributed by atoms with Crippen molar-refractivity contribution in [3.63, 3.8) is 0 Å². The van der Waals surface area contributed by atoms with Crippen molar-refractivity contribution >= 4 is 11.6 Å². The SMILES string of the molecule is Cc1nn(C)cc1C(=O)Nc1cccc2c1C(C)(C)CC2C. The van der Waals surface area contributed by atoms with Crippen LogP contribution in [0.1, 0.15) is 60.3 Å². The van der Waals surface area contributed by atoms with Gasteiger partial charge in [0.1, 0.15) is 0 Å². The fraction of sp³-hybridized carbons (Fsp3) is 0.444. The van der Waals surface area contributed by atoms with Gasteiger partial charge in [0.2, 0.25) is 0 Å². The minimum Gasteiger partial charge on any atom is -0.322 e. The summed E-state index contributed by atoms with van der Waals surface area (Å²) in [5.41, 5.74) is 5.02. The molecule has 1 amide bonds. The van der Waals surface area contributed by atoms with Crippen LogP contribution in [0.2, 0.25) is 0 Å². The summed E-state index contributed by atoms with van der Waals surface area (Å²) in [6, 6.07) is 6.21. The molecule has 0 aliphatic heterocycles. The maximum Gasteiger partial charge on any atom is 0.259 e. The van der Waals surface area contributed by atoms with Crippen LogP contribution in [0.4, 0.5) is 5.69 Å². The van der Waals surface area contributed by atoms with Crippen LogP contribution in [0.25, 0.3) is 0 Å². The quantitative estimate of drug-likeness (QED) is 0.917. The average Bonchev–Trinajstić information content (AvgIpc) is 2.87. The number of hydrogen-bond donors (Lipinski definition) is 1. The van der Waals surface area contributed by atoms with Gasteiger partial charge >= 0.3 is 0 Å². The zero-order valence-electron chi connectivity index (χ0n) is 13.9. The highest BCUT2D eigenvalue weighted by Gasteiger charge is 2.36. The van der Waals surface area contributed by atoms with Gasteiger partial charge in [0, 0.05) is 18.9 Å². The second-order valence-electron chi connectivity index (χ2n) is 7.01. The predicted molar refractivity (Wildman–Crippen MR) is 88.4 cm³/mol. The molecule has 2 aromatic rings. The number of rotatable bonds is 2. The fourth-order valence-electron chi connectivity index (χ4n) is 3.83. The molecule has 1 atom stereocenters. The number of carbonyl (C=O) groups excluding carboxylic acids is 1. The highest BCUT2D eigenvalue weighted by molar-refractivity contribution is 6.05. The van der Waals surface area contributed by atoms with Crippen LogP contribution < -0.4 is 5.32 Å². The Balaban J connectivity index is 1.98. The molecule has 1 N–H and O–H groups in total. The Morgan fingerprint density at radius 3 is 2.77 bits per heavy atom. The Morgan fingerprint density at radius 1 is 1.41 bits per heavy atom. The average molecular weight is 297 g/mol. The third-order valence-corrected chi connectivity index (χ3v) is 4.63. The highest BCUT2D eigenvalue weighted by atomic mass is 16.1. The van der Waals surface area contributed by atoms with Crippen LogP contribution in [-0.4, -0.2) is 15.7 Å². The fourth-order valence-corrected chi connectivity index (χ4v) is 3.83. The first kappa shape index (κ1) is 14.8. The number of benzene rings is 1. The molecule has 1 unspecified atom stereocenters. The van der Waals surface area contributed by atoms with E-state index in [0.29, 0.717) is 11.5 Å². The molecule has 4 heteroatoms. The molecule has 1 aromatic heterocycles. The molecule has 0 saturated heterocycles. The molecule has 116 valence electrons. The Morgan fingerprint density at radius 2 is 2.14 bits per heavy atom. The molecule has 1 heterocycles. The summed E-state index contributed by atoms with van der Waals surface area (Å²) in [7, 11) is 1.83. The summed E-state index contributed by atoms with van der Waals surface area (Å²) in [4.78, 5) is 12.6. The first-order valence-corrected chi connectivity index (χ1v) is 7.74. The van der Waals surface area contributed by atoms with Crippen molar-refractivity contribution in [3.05, 3.63) is 46.8 Å². The molecule has 22 heavy (non-hydrogen) atoms. The van der Waals surface area contributed by atoms with Gasteiger partial charge in [-0.3, -0.25) is 9.48 Å². The van der Waals surface area contributed by atoms with E-state index in [9.17, 15) is 4.79 Å². The first-order valence-electron chi connectivity index (χ1n) is 7.74. The van der Waals surface area contributed by atoms with Gasteiger partial charge in [-0.1, -0.05) is 32.9 Å². The Bertz CT molecular complexity index is 743. The van der Waals surface area contributed by atoms with Crippen molar-refractivity contribution in [2.75, 3.05) is 5.32 Å². The number of amides is 1. The summed E-state index contributed by atoms with van der Waals surface area (Å²) >= 11 is 0. The third kappa shape index (κ3) is 2.32. The second-order valence-corrected chi connectivity index (χ2v) is 7.01. The number of anilines is 1. The van der Waals surface area contributed by atoms with Gasteiger partial charge in [0.05, 0.1) is 11.3 Å². The summed E-state index contributed by atoms with van der Waals surface area (Å²) in [6.07, 6.45) is 2.88. The third-order valence-electron chi connectivity index (χ3n) is 4.63. The normalized spacial score (nSPS) is 19.0. The van der Waals surface area contributed by atoms with E-state index in [4.69, 9.17) is 0 Å². The number of hydrogen-bond acceptors (Lipinski definition) is 2. The first-order chi connectivity index (χ1) is 10.3. The van der Waals surface area contributed by atoms with Crippen LogP contribution in [0.5, 0.6) is 0 Å². The van der Waals surface area contributed by atoms with Crippen molar-refractivity contribution < 1.29 is 4.79 Å². The van der Waals surface area contributed by atoms with Crippen molar-refractivity contribution in [2.45, 2.75) is 45.4 Å². The molecular formula is C18H23N3O. The molecule has 1 aliphatic rings. The van der Waals surface area contributed by atoms with Crippen LogP contribution >= 0.6 is 0 Å². The molecule has 0 saturated carbocycles. The molecule has 3 rings (SSSR count). The number of aryl methyl sites for hydroxylation is 2. The largest absolute Gasteiger partial charge is 0.322 e. The smallest absolute Gasteiger partial charge is 0.259 e. The molecule has 0 fully saturated rings. The van der Waals surface area contributed by atoms with E-state index in [-0.39, 0.29) is 11.3 Å². The number of carbonyl (C=O) groups is 1. The summed E-state index contributed by atoms with van der Waals surface area (Å²) in [6.45, 7) is 8.61. The lowest BCUT2D eigenvalue weighted by molar-refractivity contribution is 0.102. The van der Waals surface area contributed by atoms with Gasteiger partial charge in [-0.2, -0.15) is 5.10 Å². The maximum atomic E-state index is 12.6. The molecule has 0 spiro atoms. The lowest BCUT2D eigenvalue weighted by atomic mass is 9.85. The van der Waals surface area contributed by atoms with Gasteiger partial charge in [0.25, 0.3) is 5.91 Å². The van der Waals surface area contributed by atoms with Crippen molar-refractivity contribution in [1.29, 1.82) is 0 Å². The van der Waals surface area contributed by atoms with E-state index in [2.05, 4.69) is 37.3 Å². The standard InChI is InChI=1S/C18H23N3O/c1-11-9-18(3,4)16-13(11)7-6-8-15(16)19-17(22)14-10-21(5)20-12(14)2/h6-8,10-11H,9H2,1-5H3,(H,19,22). The lowest BCUT2D eigenvalue weighted by Crippen LogP contribution is -2.19. The van der Waals surface area contributed by atoms with E-state index in [0.717, 1.165) is 17.8 Å². The zero-order chi connectivity index (χ0) is 16.1. The molecule has 0 bridgehead atoms. The monoisotopic (exact) mass is 297 g/mol. The van der Waals surface area contributed by atoms with Gasteiger partial charge in [-0.25, -0.2) is 0 Å². The van der Waals surface area contributed by atoms with Crippen LogP contribution in [-0.2, 0) is 12.5 Å². The Hall–Kier alpha value is -2.10. The second kappa shape index (κ2) is 4.97. The van der Waals surface area contributed by atoms with Crippen LogP contribution in [0.15, 0.2) is 24.4 Å². The zero-order valence-corrected chi connectivity index (χ0v) is 13.9. The van der Waals surface area contributed by atoms with Crippen molar-refractivity contribution in [3.8, 4) is 0 Å². The molecule has 0 radical (unpaired) electrons. The maximum absolute atomic E-state index is 12.6. The lowest BCUT2D eigenvalue weighted by Gasteiger charge is -2.22. The number of aromatic nitrogens is 2. The van der Waals surface area contributed by atoms with E-state index >= 15 is 0 Å². The number of fused-ring (bicyclic) bond motifs is 1. The minimum absolute atomic E-state index is 0.0859. The van der Waals surface area contributed by atoms with Crippen molar-refractivity contribution in [2.24, 2.45) is 7.05 Å². The summed E-state index contributed by atoms with van der Waals surface area (Å²) in [5.74, 6) is 0.441. The summed E-state index contributed by atoms with van der Waals surface area (Å²) in [5, 5.41) is 7.34. The Labute approximate surface area is 131 Å². The van der Waals surface area contributed by atoms with Gasteiger partial charge in [0.15, 0.2) is 0 Å². The van der Waals surface area contributed by atoms with Gasteiger partial charge < -0.3 is 5.32 Å². The van der Waals surface area contributed by atoms with Crippen LogP contribution in [0, 0.1) is 6.92 Å². The molecular weight excluding hydrogens is 274 g/mol. The van der Waals surface area contributed by atoms with E-state index in [1.807, 2.05) is 26.1 Å². The number of nitrogens with one attached hydrogen (secondary N) is 1. The Kier molecular flexibility index (Phi) is 3.35. The van der Waals surface area contributed by atoms with Gasteiger partial charge in [-0.05, 0) is 41.9 Å². The van der Waals surface area contributed by atoms with Crippen molar-refractivity contribution in [1.82, 2.24) is 9.78 Å². The highest BCUT2D eigenvalue weighted by Crippen LogP contribution is 2.48. The van der Waals surface area contributed by atoms with Crippen LogP contribution in [0.3, 0.4) is 0 Å².